The molecule has 2 unspecified atom stereocenters. The summed E-state index contributed by atoms with van der Waals surface area (Å²) in [4.78, 5) is 28.6. The summed E-state index contributed by atoms with van der Waals surface area (Å²) >= 11 is 1.72. The van der Waals surface area contributed by atoms with Crippen LogP contribution < -0.4 is 5.32 Å². The number of carbonyl (C=O) groups is 2. The molecule has 2 aliphatic rings. The van der Waals surface area contributed by atoms with Gasteiger partial charge in [0.05, 0.1) is 18.2 Å². The van der Waals surface area contributed by atoms with Crippen molar-refractivity contribution in [3.8, 4) is 0 Å². The lowest BCUT2D eigenvalue weighted by Gasteiger charge is -2.33. The van der Waals surface area contributed by atoms with Gasteiger partial charge >= 0.3 is 0 Å². The Morgan fingerprint density at radius 1 is 1.15 bits per heavy atom. The van der Waals surface area contributed by atoms with Gasteiger partial charge in [-0.3, -0.25) is 9.59 Å². The third kappa shape index (κ3) is 4.10. The zero-order valence-electron chi connectivity index (χ0n) is 15.4. The molecule has 1 saturated carbocycles. The minimum Gasteiger partial charge on any atom is -0.459 e. The van der Waals surface area contributed by atoms with Crippen LogP contribution in [0, 0.1) is 11.8 Å². The molecule has 2 atom stereocenters. The maximum atomic E-state index is 13.0. The monoisotopic (exact) mass is 386 g/mol. The molecule has 1 N–H and O–H groups in total. The number of rotatable bonds is 5. The average molecular weight is 387 g/mol. The Morgan fingerprint density at radius 2 is 2.00 bits per heavy atom. The largest absolute Gasteiger partial charge is 0.459 e. The number of piperidine rings is 1. The van der Waals surface area contributed by atoms with Crippen LogP contribution in [0.25, 0.3) is 0 Å². The van der Waals surface area contributed by atoms with Gasteiger partial charge in [0.2, 0.25) is 5.91 Å². The van der Waals surface area contributed by atoms with Gasteiger partial charge in [-0.05, 0) is 55.2 Å². The first kappa shape index (κ1) is 18.3. The van der Waals surface area contributed by atoms with E-state index in [9.17, 15) is 9.59 Å². The van der Waals surface area contributed by atoms with Crippen LogP contribution >= 0.6 is 11.3 Å². The fraction of sp³-hybridized carbons (Fsp3) is 0.524. The van der Waals surface area contributed by atoms with Crippen LogP contribution in [-0.4, -0.2) is 29.8 Å². The summed E-state index contributed by atoms with van der Waals surface area (Å²) in [5.41, 5.74) is 0. The van der Waals surface area contributed by atoms with Gasteiger partial charge in [-0.25, -0.2) is 0 Å². The highest BCUT2D eigenvalue weighted by atomic mass is 32.1. The number of carbonyl (C=O) groups excluding carboxylic acids is 2. The van der Waals surface area contributed by atoms with E-state index in [1.165, 1.54) is 36.8 Å². The molecular formula is C21H26N2O3S. The molecule has 27 heavy (non-hydrogen) atoms. The highest BCUT2D eigenvalue weighted by molar-refractivity contribution is 7.10. The summed E-state index contributed by atoms with van der Waals surface area (Å²) in [6.45, 7) is 1.15. The molecule has 2 aromatic heterocycles. The molecule has 1 aliphatic heterocycles. The van der Waals surface area contributed by atoms with E-state index in [2.05, 4.69) is 22.8 Å². The highest BCUT2D eigenvalue weighted by Gasteiger charge is 2.33. The molecular weight excluding hydrogens is 360 g/mol. The Morgan fingerprint density at radius 3 is 2.70 bits per heavy atom. The summed E-state index contributed by atoms with van der Waals surface area (Å²) in [6.07, 6.45) is 8.03. The maximum Gasteiger partial charge on any atom is 0.289 e. The molecule has 2 fully saturated rings. The second kappa shape index (κ2) is 8.30. The van der Waals surface area contributed by atoms with Gasteiger partial charge in [0.25, 0.3) is 5.91 Å². The summed E-state index contributed by atoms with van der Waals surface area (Å²) < 4.78 is 5.23. The zero-order chi connectivity index (χ0) is 18.6. The van der Waals surface area contributed by atoms with E-state index >= 15 is 0 Å². The van der Waals surface area contributed by atoms with Crippen LogP contribution in [-0.2, 0) is 4.79 Å². The predicted molar refractivity (Wildman–Crippen MR) is 104 cm³/mol. The Kier molecular flexibility index (Phi) is 5.62. The van der Waals surface area contributed by atoms with E-state index in [-0.39, 0.29) is 23.8 Å². The van der Waals surface area contributed by atoms with Crippen molar-refractivity contribution in [3.63, 3.8) is 0 Å². The lowest BCUT2D eigenvalue weighted by Crippen LogP contribution is -2.46. The summed E-state index contributed by atoms with van der Waals surface area (Å²) in [5, 5.41) is 5.41. The SMILES string of the molecule is O=C(NC(c1cccs1)C1CCCC1)C1CCCN(C(=O)c2ccco2)C1. The molecule has 5 nitrogen and oxygen atoms in total. The van der Waals surface area contributed by atoms with Crippen molar-refractivity contribution >= 4 is 23.2 Å². The molecule has 2 aromatic rings. The van der Waals surface area contributed by atoms with Crippen molar-refractivity contribution in [2.24, 2.45) is 11.8 Å². The highest BCUT2D eigenvalue weighted by Crippen LogP contribution is 2.37. The van der Waals surface area contributed by atoms with E-state index in [1.54, 1.807) is 28.4 Å². The molecule has 2 amide bonds. The molecule has 1 saturated heterocycles. The molecule has 0 radical (unpaired) electrons. The lowest BCUT2D eigenvalue weighted by molar-refractivity contribution is -0.127. The lowest BCUT2D eigenvalue weighted by atomic mass is 9.93. The molecule has 3 heterocycles. The van der Waals surface area contributed by atoms with Crippen LogP contribution in [0.5, 0.6) is 0 Å². The molecule has 6 heteroatoms. The van der Waals surface area contributed by atoms with Crippen molar-refractivity contribution < 1.29 is 14.0 Å². The minimum absolute atomic E-state index is 0.0808. The van der Waals surface area contributed by atoms with Crippen LogP contribution in [0.3, 0.4) is 0 Å². The maximum absolute atomic E-state index is 13.0. The summed E-state index contributed by atoms with van der Waals surface area (Å²) in [7, 11) is 0. The fourth-order valence-corrected chi connectivity index (χ4v) is 5.25. The van der Waals surface area contributed by atoms with Crippen LogP contribution in [0.15, 0.2) is 40.3 Å². The Bertz CT molecular complexity index is 751. The minimum atomic E-state index is -0.151. The van der Waals surface area contributed by atoms with Gasteiger partial charge < -0.3 is 14.6 Å². The van der Waals surface area contributed by atoms with Gasteiger partial charge in [-0.15, -0.1) is 11.3 Å². The second-order valence-corrected chi connectivity index (χ2v) is 8.59. The second-order valence-electron chi connectivity index (χ2n) is 7.61. The molecule has 4 rings (SSSR count). The Balaban J connectivity index is 1.42. The third-order valence-electron chi connectivity index (χ3n) is 5.83. The van der Waals surface area contributed by atoms with Gasteiger partial charge in [0.15, 0.2) is 5.76 Å². The van der Waals surface area contributed by atoms with E-state index < -0.39 is 0 Å². The fourth-order valence-electron chi connectivity index (χ4n) is 4.38. The topological polar surface area (TPSA) is 62.6 Å². The summed E-state index contributed by atoms with van der Waals surface area (Å²) in [6, 6.07) is 7.68. The molecule has 0 spiro atoms. The number of thiophene rings is 1. The number of nitrogens with zero attached hydrogens (tertiary/aromatic N) is 1. The van der Waals surface area contributed by atoms with Crippen molar-refractivity contribution in [3.05, 3.63) is 46.5 Å². The third-order valence-corrected chi connectivity index (χ3v) is 6.79. The first-order chi connectivity index (χ1) is 13.2. The molecule has 0 aromatic carbocycles. The number of hydrogen-bond acceptors (Lipinski definition) is 4. The first-order valence-corrected chi connectivity index (χ1v) is 10.8. The number of likely N-dealkylation sites (tertiary alicyclic amines) is 1. The van der Waals surface area contributed by atoms with Gasteiger partial charge in [0, 0.05) is 18.0 Å². The standard InChI is InChI=1S/C21H26N2O3S/c24-20(22-19(15-6-1-2-7-15)18-10-5-13-27-18)16-8-3-11-23(14-16)21(25)17-9-4-12-26-17/h4-5,9-10,12-13,15-16,19H,1-3,6-8,11,14H2,(H,22,24). The Hall–Kier alpha value is -2.08. The predicted octanol–water partition coefficient (Wildman–Crippen LogP) is 4.24. The number of furan rings is 1. The van der Waals surface area contributed by atoms with E-state index in [0.29, 0.717) is 24.8 Å². The molecule has 0 bridgehead atoms. The molecule has 144 valence electrons. The summed E-state index contributed by atoms with van der Waals surface area (Å²) in [5.74, 6) is 0.678. The van der Waals surface area contributed by atoms with Crippen molar-refractivity contribution in [2.45, 2.75) is 44.6 Å². The van der Waals surface area contributed by atoms with Gasteiger partial charge in [-0.1, -0.05) is 18.9 Å². The zero-order valence-corrected chi connectivity index (χ0v) is 16.2. The smallest absolute Gasteiger partial charge is 0.289 e. The average Bonchev–Trinajstić information content (AvgIpc) is 3.48. The van der Waals surface area contributed by atoms with Crippen molar-refractivity contribution in [1.82, 2.24) is 10.2 Å². The van der Waals surface area contributed by atoms with Crippen LogP contribution in [0.4, 0.5) is 0 Å². The van der Waals surface area contributed by atoms with Crippen molar-refractivity contribution in [1.29, 1.82) is 0 Å². The normalized spacial score (nSPS) is 21.9. The number of hydrogen-bond donors (Lipinski definition) is 1. The Labute approximate surface area is 163 Å². The van der Waals surface area contributed by atoms with Crippen molar-refractivity contribution in [2.75, 3.05) is 13.1 Å². The van der Waals surface area contributed by atoms with Gasteiger partial charge in [-0.2, -0.15) is 0 Å². The number of nitrogens with one attached hydrogen (secondary N) is 1. The van der Waals surface area contributed by atoms with Crippen LogP contribution in [0.1, 0.15) is 60.0 Å². The quantitative estimate of drug-likeness (QED) is 0.836. The van der Waals surface area contributed by atoms with E-state index in [4.69, 9.17) is 4.42 Å². The van der Waals surface area contributed by atoms with E-state index in [0.717, 1.165) is 12.8 Å². The number of amides is 2. The van der Waals surface area contributed by atoms with Crippen LogP contribution in [0.2, 0.25) is 0 Å². The van der Waals surface area contributed by atoms with Gasteiger partial charge in [0.1, 0.15) is 0 Å². The first-order valence-electron chi connectivity index (χ1n) is 9.89. The molecule has 1 aliphatic carbocycles. The van der Waals surface area contributed by atoms with E-state index in [1.807, 2.05) is 0 Å².